The lowest BCUT2D eigenvalue weighted by molar-refractivity contribution is -0.117. The van der Waals surface area contributed by atoms with Crippen molar-refractivity contribution in [2.45, 2.75) is 39.7 Å². The number of nitrogens with one attached hydrogen (secondary N) is 1. The molecular formula is C18H21ClN4O. The number of benzene rings is 1. The molecule has 0 spiro atoms. The van der Waals surface area contributed by atoms with Gasteiger partial charge in [0.05, 0.1) is 0 Å². The van der Waals surface area contributed by atoms with Crippen LogP contribution in [0.4, 0.5) is 11.5 Å². The molecule has 1 aromatic heterocycles. The van der Waals surface area contributed by atoms with E-state index in [2.05, 4.69) is 15.3 Å². The maximum absolute atomic E-state index is 11.8. The molecule has 0 radical (unpaired) electrons. The Morgan fingerprint density at radius 3 is 2.62 bits per heavy atom. The Labute approximate surface area is 147 Å². The van der Waals surface area contributed by atoms with Gasteiger partial charge in [0.2, 0.25) is 5.91 Å². The molecule has 2 aromatic rings. The third-order valence-electron chi connectivity index (χ3n) is 4.23. The predicted octanol–water partition coefficient (Wildman–Crippen LogP) is 3.74. The average Bonchev–Trinajstić information content (AvgIpc) is 3.02. The molecule has 1 aliphatic rings. The molecule has 0 aliphatic carbocycles. The van der Waals surface area contributed by atoms with Gasteiger partial charge < -0.3 is 10.2 Å². The van der Waals surface area contributed by atoms with Gasteiger partial charge in [0.15, 0.2) is 0 Å². The Bertz CT molecular complexity index is 745. The molecule has 2 heterocycles. The van der Waals surface area contributed by atoms with Crippen molar-refractivity contribution in [1.82, 2.24) is 9.97 Å². The molecular weight excluding hydrogens is 324 g/mol. The third kappa shape index (κ3) is 3.51. The Hall–Kier alpha value is -2.14. The molecule has 0 saturated carbocycles. The van der Waals surface area contributed by atoms with Gasteiger partial charge in [-0.3, -0.25) is 4.79 Å². The van der Waals surface area contributed by atoms with Crippen molar-refractivity contribution in [3.05, 3.63) is 46.4 Å². The van der Waals surface area contributed by atoms with E-state index in [-0.39, 0.29) is 5.91 Å². The van der Waals surface area contributed by atoms with Gasteiger partial charge in [-0.05, 0) is 31.0 Å². The molecule has 1 amide bonds. The second-order valence-electron chi connectivity index (χ2n) is 5.93. The zero-order valence-electron chi connectivity index (χ0n) is 14.0. The topological polar surface area (TPSA) is 58.1 Å². The van der Waals surface area contributed by atoms with E-state index < -0.39 is 0 Å². The molecule has 1 N–H and O–H groups in total. The summed E-state index contributed by atoms with van der Waals surface area (Å²) in [5.74, 6) is 1.71. The van der Waals surface area contributed by atoms with Gasteiger partial charge in [-0.25, -0.2) is 9.97 Å². The van der Waals surface area contributed by atoms with Crippen LogP contribution < -0.4 is 10.2 Å². The van der Waals surface area contributed by atoms with E-state index in [1.165, 1.54) is 0 Å². The first-order valence-corrected chi connectivity index (χ1v) is 8.62. The number of nitrogens with zero attached hydrogens (tertiary/aromatic N) is 3. The highest BCUT2D eigenvalue weighted by atomic mass is 35.5. The summed E-state index contributed by atoms with van der Waals surface area (Å²) < 4.78 is 0. The molecule has 1 aromatic carbocycles. The number of anilines is 2. The standard InChI is InChI=1S/C18H21ClN4O/c1-3-15-21-17(19)12(2)18(22-15)20-11-13-6-8-14(9-7-13)23-10-4-5-16(23)24/h6-9H,3-5,10-11H2,1-2H3,(H,20,21,22). The Morgan fingerprint density at radius 2 is 2.00 bits per heavy atom. The highest BCUT2D eigenvalue weighted by molar-refractivity contribution is 6.30. The summed E-state index contributed by atoms with van der Waals surface area (Å²) in [6, 6.07) is 8.06. The van der Waals surface area contributed by atoms with Crippen molar-refractivity contribution in [3.63, 3.8) is 0 Å². The number of hydrogen-bond acceptors (Lipinski definition) is 4. The minimum atomic E-state index is 0.208. The molecule has 6 heteroatoms. The van der Waals surface area contributed by atoms with Gasteiger partial charge in [0.25, 0.3) is 0 Å². The first-order chi connectivity index (χ1) is 11.6. The van der Waals surface area contributed by atoms with Crippen LogP contribution in [-0.2, 0) is 17.8 Å². The minimum Gasteiger partial charge on any atom is -0.366 e. The maximum atomic E-state index is 11.8. The number of aromatic nitrogens is 2. The van der Waals surface area contributed by atoms with Crippen molar-refractivity contribution in [2.24, 2.45) is 0 Å². The number of halogens is 1. The smallest absolute Gasteiger partial charge is 0.227 e. The number of hydrogen-bond donors (Lipinski definition) is 1. The first-order valence-electron chi connectivity index (χ1n) is 8.24. The second-order valence-corrected chi connectivity index (χ2v) is 6.28. The molecule has 1 saturated heterocycles. The zero-order valence-corrected chi connectivity index (χ0v) is 14.7. The fourth-order valence-corrected chi connectivity index (χ4v) is 2.95. The lowest BCUT2D eigenvalue weighted by Gasteiger charge is -2.16. The van der Waals surface area contributed by atoms with Crippen LogP contribution in [0.5, 0.6) is 0 Å². The van der Waals surface area contributed by atoms with E-state index in [0.29, 0.717) is 18.1 Å². The predicted molar refractivity (Wildman–Crippen MR) is 96.5 cm³/mol. The molecule has 1 fully saturated rings. The van der Waals surface area contributed by atoms with Crippen LogP contribution in [0.15, 0.2) is 24.3 Å². The van der Waals surface area contributed by atoms with Gasteiger partial charge in [-0.15, -0.1) is 0 Å². The van der Waals surface area contributed by atoms with Crippen LogP contribution in [-0.4, -0.2) is 22.4 Å². The Kier molecular flexibility index (Phi) is 5.00. The monoisotopic (exact) mass is 344 g/mol. The van der Waals surface area contributed by atoms with Gasteiger partial charge in [-0.1, -0.05) is 30.7 Å². The van der Waals surface area contributed by atoms with E-state index in [1.54, 1.807) is 0 Å². The number of rotatable bonds is 5. The summed E-state index contributed by atoms with van der Waals surface area (Å²) in [5.41, 5.74) is 2.95. The molecule has 24 heavy (non-hydrogen) atoms. The van der Waals surface area contributed by atoms with E-state index in [1.807, 2.05) is 43.0 Å². The number of amides is 1. The Morgan fingerprint density at radius 1 is 1.25 bits per heavy atom. The summed E-state index contributed by atoms with van der Waals surface area (Å²) in [4.78, 5) is 22.4. The number of carbonyl (C=O) groups excluding carboxylic acids is 1. The SMILES string of the molecule is CCc1nc(Cl)c(C)c(NCc2ccc(N3CCCC3=O)cc2)n1. The first kappa shape index (κ1) is 16.7. The summed E-state index contributed by atoms with van der Waals surface area (Å²) in [7, 11) is 0. The highest BCUT2D eigenvalue weighted by Gasteiger charge is 2.21. The van der Waals surface area contributed by atoms with E-state index >= 15 is 0 Å². The van der Waals surface area contributed by atoms with Crippen LogP contribution in [0.2, 0.25) is 5.15 Å². The van der Waals surface area contributed by atoms with Gasteiger partial charge in [0.1, 0.15) is 16.8 Å². The van der Waals surface area contributed by atoms with Crippen LogP contribution in [0.3, 0.4) is 0 Å². The normalized spacial score (nSPS) is 14.3. The van der Waals surface area contributed by atoms with Crippen LogP contribution >= 0.6 is 11.6 Å². The van der Waals surface area contributed by atoms with Crippen molar-refractivity contribution < 1.29 is 4.79 Å². The second kappa shape index (κ2) is 7.18. The van der Waals surface area contributed by atoms with E-state index in [0.717, 1.165) is 47.8 Å². The van der Waals surface area contributed by atoms with Gasteiger partial charge >= 0.3 is 0 Å². The van der Waals surface area contributed by atoms with Gasteiger partial charge in [-0.2, -0.15) is 0 Å². The van der Waals surface area contributed by atoms with Crippen molar-refractivity contribution in [2.75, 3.05) is 16.8 Å². The molecule has 0 atom stereocenters. The van der Waals surface area contributed by atoms with Crippen molar-refractivity contribution in [3.8, 4) is 0 Å². The van der Waals surface area contributed by atoms with E-state index in [9.17, 15) is 4.79 Å². The largest absolute Gasteiger partial charge is 0.366 e. The van der Waals surface area contributed by atoms with Crippen LogP contribution in [0, 0.1) is 6.92 Å². The lowest BCUT2D eigenvalue weighted by atomic mass is 10.2. The molecule has 0 unspecified atom stereocenters. The summed E-state index contributed by atoms with van der Waals surface area (Å²) in [6.07, 6.45) is 2.33. The fraction of sp³-hybridized carbons (Fsp3) is 0.389. The van der Waals surface area contributed by atoms with E-state index in [4.69, 9.17) is 11.6 Å². The molecule has 1 aliphatic heterocycles. The summed E-state index contributed by atoms with van der Waals surface area (Å²) in [6.45, 7) is 5.37. The average molecular weight is 345 g/mol. The number of carbonyl (C=O) groups is 1. The maximum Gasteiger partial charge on any atom is 0.227 e. The lowest BCUT2D eigenvalue weighted by Crippen LogP contribution is -2.23. The van der Waals surface area contributed by atoms with Crippen LogP contribution in [0.1, 0.15) is 36.7 Å². The fourth-order valence-electron chi connectivity index (χ4n) is 2.76. The van der Waals surface area contributed by atoms with Crippen LogP contribution in [0.25, 0.3) is 0 Å². The molecule has 126 valence electrons. The quantitative estimate of drug-likeness (QED) is 0.839. The third-order valence-corrected chi connectivity index (χ3v) is 4.60. The number of aryl methyl sites for hydroxylation is 1. The summed E-state index contributed by atoms with van der Waals surface area (Å²) >= 11 is 6.16. The van der Waals surface area contributed by atoms with Crippen molar-refractivity contribution >= 4 is 29.0 Å². The molecule has 5 nitrogen and oxygen atoms in total. The highest BCUT2D eigenvalue weighted by Crippen LogP contribution is 2.23. The van der Waals surface area contributed by atoms with Gasteiger partial charge in [0, 0.05) is 37.2 Å². The van der Waals surface area contributed by atoms with Crippen molar-refractivity contribution in [1.29, 1.82) is 0 Å². The zero-order chi connectivity index (χ0) is 17.1. The molecule has 3 rings (SSSR count). The Balaban J connectivity index is 1.69. The summed E-state index contributed by atoms with van der Waals surface area (Å²) in [5, 5.41) is 3.82. The minimum absolute atomic E-state index is 0.208. The molecule has 0 bridgehead atoms.